The van der Waals surface area contributed by atoms with Crippen LogP contribution < -0.4 is 9.80 Å². The van der Waals surface area contributed by atoms with Gasteiger partial charge in [-0.05, 0) is 36.4 Å². The number of hydrogen-bond donors (Lipinski definition) is 1. The summed E-state index contributed by atoms with van der Waals surface area (Å²) in [7, 11) is 3.86. The minimum absolute atomic E-state index is 0.102. The Bertz CT molecular complexity index is 887. The van der Waals surface area contributed by atoms with Crippen LogP contribution in [0.2, 0.25) is 0 Å². The molecule has 27 heavy (non-hydrogen) atoms. The first-order valence-electron chi connectivity index (χ1n) is 8.82. The van der Waals surface area contributed by atoms with Crippen molar-refractivity contribution in [1.29, 1.82) is 0 Å². The topological polar surface area (TPSA) is 73.7 Å². The van der Waals surface area contributed by atoms with Crippen molar-refractivity contribution in [3.05, 3.63) is 65.7 Å². The lowest BCUT2D eigenvalue weighted by Crippen LogP contribution is -2.32. The fourth-order valence-electron chi connectivity index (χ4n) is 3.16. The Morgan fingerprint density at radius 1 is 1.15 bits per heavy atom. The molecule has 0 aliphatic carbocycles. The molecule has 140 valence electrons. The molecular weight excluding hydrogens is 342 g/mol. The number of nitrogens with zero attached hydrogens (tertiary/aromatic N) is 3. The zero-order valence-electron chi connectivity index (χ0n) is 15.9. The fourth-order valence-corrected chi connectivity index (χ4v) is 3.16. The third-order valence-corrected chi connectivity index (χ3v) is 4.61. The summed E-state index contributed by atoms with van der Waals surface area (Å²) in [4.78, 5) is 33.4. The predicted molar refractivity (Wildman–Crippen MR) is 105 cm³/mol. The summed E-state index contributed by atoms with van der Waals surface area (Å²) in [6.45, 7) is 3.49. The van der Waals surface area contributed by atoms with E-state index in [1.807, 2.05) is 31.1 Å². The van der Waals surface area contributed by atoms with Gasteiger partial charge in [0.15, 0.2) is 11.5 Å². The van der Waals surface area contributed by atoms with Gasteiger partial charge in [0.2, 0.25) is 0 Å². The van der Waals surface area contributed by atoms with Crippen LogP contribution in [0.3, 0.4) is 0 Å². The van der Waals surface area contributed by atoms with Crippen LogP contribution in [-0.4, -0.2) is 35.9 Å². The van der Waals surface area contributed by atoms with E-state index in [4.69, 9.17) is 0 Å². The summed E-state index contributed by atoms with van der Waals surface area (Å²) in [6, 6.07) is 12.0. The van der Waals surface area contributed by atoms with Crippen molar-refractivity contribution < 1.29 is 14.7 Å². The van der Waals surface area contributed by atoms with E-state index in [-0.39, 0.29) is 17.3 Å². The molecular formula is C21H23N3O3. The number of aliphatic hydroxyl groups excluding tert-OH is 1. The summed E-state index contributed by atoms with van der Waals surface area (Å²) in [5, 5.41) is 10.5. The van der Waals surface area contributed by atoms with Gasteiger partial charge in [-0.25, -0.2) is 0 Å². The van der Waals surface area contributed by atoms with Crippen LogP contribution in [-0.2, 0) is 9.59 Å². The highest BCUT2D eigenvalue weighted by atomic mass is 16.3. The van der Waals surface area contributed by atoms with Gasteiger partial charge in [0.05, 0.1) is 11.3 Å². The Morgan fingerprint density at radius 3 is 2.33 bits per heavy atom. The molecule has 2 heterocycles. The molecule has 1 unspecified atom stereocenters. The number of aliphatic hydroxyl groups is 1. The molecule has 0 saturated heterocycles. The highest BCUT2D eigenvalue weighted by Crippen LogP contribution is 2.41. The Balaban J connectivity index is 2.12. The van der Waals surface area contributed by atoms with Crippen molar-refractivity contribution >= 4 is 23.1 Å². The lowest BCUT2D eigenvalue weighted by molar-refractivity contribution is -0.119. The van der Waals surface area contributed by atoms with Crippen LogP contribution in [0.25, 0.3) is 0 Å². The number of pyridine rings is 1. The van der Waals surface area contributed by atoms with E-state index in [0.29, 0.717) is 11.4 Å². The highest BCUT2D eigenvalue weighted by molar-refractivity contribution is 6.16. The fraction of sp³-hybridized carbons (Fsp3) is 0.286. The minimum Gasteiger partial charge on any atom is -0.503 e. The monoisotopic (exact) mass is 365 g/mol. The Labute approximate surface area is 158 Å². The van der Waals surface area contributed by atoms with Gasteiger partial charge in [-0.2, -0.15) is 0 Å². The summed E-state index contributed by atoms with van der Waals surface area (Å²) >= 11 is 0. The van der Waals surface area contributed by atoms with Crippen molar-refractivity contribution in [1.82, 2.24) is 4.98 Å². The van der Waals surface area contributed by atoms with Crippen molar-refractivity contribution in [2.24, 2.45) is 5.92 Å². The molecule has 0 spiro atoms. The molecule has 0 radical (unpaired) electrons. The van der Waals surface area contributed by atoms with Gasteiger partial charge in [-0.15, -0.1) is 0 Å². The number of carbonyl (C=O) groups excluding carboxylic acids is 2. The average Bonchev–Trinajstić information content (AvgIpc) is 2.93. The van der Waals surface area contributed by atoms with E-state index in [0.717, 1.165) is 5.69 Å². The number of benzene rings is 1. The SMILES string of the molecule is CC(C)C(=O)C1=C(O)C(=O)N(c2ccc(N(C)C)cc2)C1c1ccccn1. The highest BCUT2D eigenvalue weighted by Gasteiger charge is 2.45. The Kier molecular flexibility index (Phi) is 4.99. The molecule has 1 atom stereocenters. The second kappa shape index (κ2) is 7.23. The minimum atomic E-state index is -0.751. The number of rotatable bonds is 5. The molecule has 2 aromatic rings. The summed E-state index contributed by atoms with van der Waals surface area (Å²) in [5.74, 6) is -1.70. The van der Waals surface area contributed by atoms with E-state index in [2.05, 4.69) is 4.98 Å². The number of amides is 1. The van der Waals surface area contributed by atoms with Crippen LogP contribution in [0, 0.1) is 5.92 Å². The third kappa shape index (κ3) is 3.30. The van der Waals surface area contributed by atoms with Crippen LogP contribution in [0.1, 0.15) is 25.6 Å². The van der Waals surface area contributed by atoms with Crippen molar-refractivity contribution in [3.8, 4) is 0 Å². The van der Waals surface area contributed by atoms with E-state index in [1.165, 1.54) is 4.90 Å². The maximum absolute atomic E-state index is 12.9. The lowest BCUT2D eigenvalue weighted by atomic mass is 9.93. The maximum atomic E-state index is 12.9. The molecule has 1 aliphatic heterocycles. The van der Waals surface area contributed by atoms with Gasteiger partial charge >= 0.3 is 0 Å². The largest absolute Gasteiger partial charge is 0.503 e. The molecule has 0 bridgehead atoms. The van der Waals surface area contributed by atoms with E-state index >= 15 is 0 Å². The first-order valence-corrected chi connectivity index (χ1v) is 8.82. The van der Waals surface area contributed by atoms with Crippen molar-refractivity contribution in [2.45, 2.75) is 19.9 Å². The molecule has 3 rings (SSSR count). The van der Waals surface area contributed by atoms with E-state index in [9.17, 15) is 14.7 Å². The molecule has 1 aromatic carbocycles. The average molecular weight is 365 g/mol. The zero-order valence-corrected chi connectivity index (χ0v) is 15.9. The molecule has 1 N–H and O–H groups in total. The predicted octanol–water partition coefficient (Wildman–Crippen LogP) is 3.27. The third-order valence-electron chi connectivity index (χ3n) is 4.61. The van der Waals surface area contributed by atoms with Crippen molar-refractivity contribution in [3.63, 3.8) is 0 Å². The molecule has 1 aromatic heterocycles. The maximum Gasteiger partial charge on any atom is 0.294 e. The van der Waals surface area contributed by atoms with Crippen LogP contribution in [0.5, 0.6) is 0 Å². The van der Waals surface area contributed by atoms with Crippen LogP contribution in [0.4, 0.5) is 11.4 Å². The van der Waals surface area contributed by atoms with Crippen molar-refractivity contribution in [2.75, 3.05) is 23.9 Å². The zero-order chi connectivity index (χ0) is 19.7. The van der Waals surface area contributed by atoms with E-state index < -0.39 is 17.7 Å². The summed E-state index contributed by atoms with van der Waals surface area (Å²) in [5.41, 5.74) is 2.22. The van der Waals surface area contributed by atoms with Gasteiger partial charge in [0.1, 0.15) is 6.04 Å². The summed E-state index contributed by atoms with van der Waals surface area (Å²) < 4.78 is 0. The number of Topliss-reactive ketones (excluding diaryl/α,β-unsaturated/α-hetero) is 1. The molecule has 0 saturated carbocycles. The second-order valence-corrected chi connectivity index (χ2v) is 7.02. The Morgan fingerprint density at radius 2 is 1.81 bits per heavy atom. The van der Waals surface area contributed by atoms with Crippen LogP contribution >= 0.6 is 0 Å². The van der Waals surface area contributed by atoms with Gasteiger partial charge in [-0.1, -0.05) is 19.9 Å². The number of aromatic nitrogens is 1. The number of anilines is 2. The smallest absolute Gasteiger partial charge is 0.294 e. The van der Waals surface area contributed by atoms with Gasteiger partial charge < -0.3 is 10.0 Å². The second-order valence-electron chi connectivity index (χ2n) is 7.02. The quantitative estimate of drug-likeness (QED) is 0.880. The number of carbonyl (C=O) groups is 2. The summed E-state index contributed by atoms with van der Waals surface area (Å²) in [6.07, 6.45) is 1.61. The molecule has 1 amide bonds. The lowest BCUT2D eigenvalue weighted by Gasteiger charge is -2.27. The molecule has 1 aliphatic rings. The van der Waals surface area contributed by atoms with Gasteiger partial charge in [-0.3, -0.25) is 19.5 Å². The molecule has 0 fully saturated rings. The first kappa shape index (κ1) is 18.6. The number of hydrogen-bond acceptors (Lipinski definition) is 5. The van der Waals surface area contributed by atoms with Gasteiger partial charge in [0, 0.05) is 37.6 Å². The van der Waals surface area contributed by atoms with Crippen LogP contribution in [0.15, 0.2) is 60.0 Å². The molecule has 6 nitrogen and oxygen atoms in total. The Hall–Kier alpha value is -3.15. The van der Waals surface area contributed by atoms with Gasteiger partial charge in [0.25, 0.3) is 5.91 Å². The number of ketones is 1. The first-order chi connectivity index (χ1) is 12.8. The van der Waals surface area contributed by atoms with E-state index in [1.54, 1.807) is 50.4 Å². The molecule has 6 heteroatoms. The normalized spacial score (nSPS) is 17.0. The standard InChI is InChI=1S/C21H23N3O3/c1-13(2)19(25)17-18(16-7-5-6-12-22-16)24(21(27)20(17)26)15-10-8-14(9-11-15)23(3)4/h5-13,18,26H,1-4H3.